The second-order valence-electron chi connectivity index (χ2n) is 14.7. The highest BCUT2D eigenvalue weighted by molar-refractivity contribution is 6.06. The van der Waals surface area contributed by atoms with Crippen LogP contribution < -0.4 is 0 Å². The number of hydrogen-bond donors (Lipinski definition) is 0. The molecule has 0 fully saturated rings. The van der Waals surface area contributed by atoms with Gasteiger partial charge in [0, 0.05) is 27.5 Å². The molecule has 0 atom stereocenters. The summed E-state index contributed by atoms with van der Waals surface area (Å²) in [4.78, 5) is 15.6. The van der Waals surface area contributed by atoms with Crippen LogP contribution in [0.25, 0.3) is 89.5 Å². The van der Waals surface area contributed by atoms with E-state index < -0.39 is 5.41 Å². The molecule has 0 bridgehead atoms. The van der Waals surface area contributed by atoms with Crippen LogP contribution >= 0.6 is 0 Å². The minimum atomic E-state index is -0.599. The van der Waals surface area contributed by atoms with Crippen molar-refractivity contribution in [3.8, 4) is 67.5 Å². The average Bonchev–Trinajstić information content (AvgIpc) is 3.76. The lowest BCUT2D eigenvalue weighted by atomic mass is 9.65. The molecule has 56 heavy (non-hydrogen) atoms. The van der Waals surface area contributed by atoms with Crippen LogP contribution in [0, 0.1) is 0 Å². The van der Waals surface area contributed by atoms with Crippen molar-refractivity contribution in [3.05, 3.63) is 210 Å². The third kappa shape index (κ3) is 4.32. The molecule has 2 aliphatic rings. The predicted molar refractivity (Wildman–Crippen MR) is 225 cm³/mol. The minimum absolute atomic E-state index is 0.591. The lowest BCUT2D eigenvalue weighted by Crippen LogP contribution is -2.29. The molecule has 10 aromatic rings. The van der Waals surface area contributed by atoms with Crippen LogP contribution in [0.15, 0.2) is 192 Å². The van der Waals surface area contributed by atoms with E-state index in [1.807, 2.05) is 36.4 Å². The molecule has 4 nitrogen and oxygen atoms in total. The first-order valence-electron chi connectivity index (χ1n) is 19.0. The molecule has 0 N–H and O–H groups in total. The van der Waals surface area contributed by atoms with Gasteiger partial charge in [-0.15, -0.1) is 0 Å². The minimum Gasteiger partial charge on any atom is -0.456 e. The topological polar surface area (TPSA) is 51.8 Å². The molecule has 2 aromatic heterocycles. The summed E-state index contributed by atoms with van der Waals surface area (Å²) in [5.74, 6) is 1.82. The molecule has 8 aromatic carbocycles. The summed E-state index contributed by atoms with van der Waals surface area (Å²) in [7, 11) is 0. The number of fused-ring (bicyclic) bond motifs is 15. The van der Waals surface area contributed by atoms with Crippen molar-refractivity contribution in [1.29, 1.82) is 0 Å². The molecule has 12 rings (SSSR count). The fourth-order valence-electron chi connectivity index (χ4n) is 9.40. The molecular formula is C52H31N3O. The summed E-state index contributed by atoms with van der Waals surface area (Å²) >= 11 is 0. The monoisotopic (exact) mass is 713 g/mol. The van der Waals surface area contributed by atoms with Gasteiger partial charge < -0.3 is 4.42 Å². The summed E-state index contributed by atoms with van der Waals surface area (Å²) in [6.07, 6.45) is 0. The zero-order valence-corrected chi connectivity index (χ0v) is 30.1. The fraction of sp³-hybridized carbons (Fsp3) is 0.0192. The summed E-state index contributed by atoms with van der Waals surface area (Å²) in [6, 6.07) is 67.0. The normalized spacial score (nSPS) is 13.1. The van der Waals surface area contributed by atoms with Crippen LogP contribution in [-0.2, 0) is 5.41 Å². The molecule has 0 unspecified atom stereocenters. The van der Waals surface area contributed by atoms with Gasteiger partial charge in [0.05, 0.1) is 5.41 Å². The molecule has 1 spiro atoms. The number of aromatic nitrogens is 3. The maximum absolute atomic E-state index is 6.32. The summed E-state index contributed by atoms with van der Waals surface area (Å²) < 4.78 is 6.32. The number of hydrogen-bond acceptors (Lipinski definition) is 4. The van der Waals surface area contributed by atoms with Crippen LogP contribution in [0.2, 0.25) is 0 Å². The molecule has 0 saturated heterocycles. The van der Waals surface area contributed by atoms with Gasteiger partial charge in [0.25, 0.3) is 0 Å². The second-order valence-corrected chi connectivity index (χ2v) is 14.7. The second kappa shape index (κ2) is 11.8. The van der Waals surface area contributed by atoms with Crippen molar-refractivity contribution in [2.45, 2.75) is 5.41 Å². The maximum Gasteiger partial charge on any atom is 0.164 e. The summed E-state index contributed by atoms with van der Waals surface area (Å²) in [5, 5.41) is 2.16. The Bertz CT molecular complexity index is 3170. The molecule has 260 valence electrons. The Balaban J connectivity index is 1.15. The zero-order valence-electron chi connectivity index (χ0n) is 30.1. The van der Waals surface area contributed by atoms with E-state index in [4.69, 9.17) is 19.4 Å². The lowest BCUT2D eigenvalue weighted by molar-refractivity contribution is 0.669. The Morgan fingerprint density at radius 1 is 0.304 bits per heavy atom. The van der Waals surface area contributed by atoms with Crippen molar-refractivity contribution >= 4 is 21.9 Å². The van der Waals surface area contributed by atoms with Crippen molar-refractivity contribution in [1.82, 2.24) is 15.0 Å². The van der Waals surface area contributed by atoms with Crippen molar-refractivity contribution in [2.24, 2.45) is 0 Å². The van der Waals surface area contributed by atoms with Crippen LogP contribution in [-0.4, -0.2) is 15.0 Å². The van der Waals surface area contributed by atoms with Crippen molar-refractivity contribution in [3.63, 3.8) is 0 Å². The number of rotatable bonds is 3. The van der Waals surface area contributed by atoms with Gasteiger partial charge in [-0.3, -0.25) is 0 Å². The molecular weight excluding hydrogens is 683 g/mol. The molecule has 0 saturated carbocycles. The Morgan fingerprint density at radius 2 is 0.750 bits per heavy atom. The number of furan rings is 1. The number of nitrogens with zero attached hydrogens (tertiary/aromatic N) is 3. The molecule has 2 aliphatic carbocycles. The first-order chi connectivity index (χ1) is 27.8. The van der Waals surface area contributed by atoms with E-state index in [0.29, 0.717) is 17.5 Å². The molecule has 4 heteroatoms. The molecule has 2 heterocycles. The Kier molecular flexibility index (Phi) is 6.52. The lowest BCUT2D eigenvalue weighted by Gasteiger charge is -2.35. The van der Waals surface area contributed by atoms with Gasteiger partial charge in [-0.1, -0.05) is 164 Å². The van der Waals surface area contributed by atoms with E-state index in [-0.39, 0.29) is 0 Å². The van der Waals surface area contributed by atoms with E-state index in [1.165, 1.54) is 55.6 Å². The third-order valence-corrected chi connectivity index (χ3v) is 11.8. The number of benzene rings is 8. The van der Waals surface area contributed by atoms with E-state index >= 15 is 0 Å². The van der Waals surface area contributed by atoms with Gasteiger partial charge >= 0.3 is 0 Å². The molecule has 0 aliphatic heterocycles. The largest absolute Gasteiger partial charge is 0.456 e. The van der Waals surface area contributed by atoms with E-state index in [2.05, 4.69) is 152 Å². The highest BCUT2D eigenvalue weighted by Gasteiger charge is 2.49. The summed E-state index contributed by atoms with van der Waals surface area (Å²) in [6.45, 7) is 0. The van der Waals surface area contributed by atoms with Crippen LogP contribution in [0.4, 0.5) is 0 Å². The zero-order chi connectivity index (χ0) is 36.8. The van der Waals surface area contributed by atoms with E-state index in [9.17, 15) is 0 Å². The van der Waals surface area contributed by atoms with Crippen molar-refractivity contribution in [2.75, 3.05) is 0 Å². The predicted octanol–water partition coefficient (Wildman–Crippen LogP) is 12.8. The maximum atomic E-state index is 6.32. The standard InChI is InChI=1S/C52H31N3O/c1-2-14-32(15-3-1)49-53-50(55-51(54-49)34-27-29-42-41-21-9-13-25-47(41)56-48(42)31-34)33-26-28-40-36-17-5-4-16-35(36)37-18-6-10-22-43(37)52(46(40)30-33)44-23-11-7-19-38(44)39-20-8-12-24-45(39)52/h1-31H. The average molecular weight is 714 g/mol. The Hall–Kier alpha value is -7.43. The SMILES string of the molecule is c1ccc(-c2nc(-c3ccc4c(c3)C3(c5ccccc5-c5ccccc5-4)c4ccccc4-c4ccccc43)nc(-c3ccc4c(c3)oc3ccccc34)n2)cc1. The molecule has 0 radical (unpaired) electrons. The van der Waals surface area contributed by atoms with Crippen LogP contribution in [0.3, 0.4) is 0 Å². The van der Waals surface area contributed by atoms with Crippen LogP contribution in [0.1, 0.15) is 22.3 Å². The quantitative estimate of drug-likeness (QED) is 0.183. The summed E-state index contributed by atoms with van der Waals surface area (Å²) in [5.41, 5.74) is 16.2. The Morgan fingerprint density at radius 3 is 1.39 bits per heavy atom. The number of para-hydroxylation sites is 1. The molecule has 0 amide bonds. The van der Waals surface area contributed by atoms with Crippen LogP contribution in [0.5, 0.6) is 0 Å². The highest BCUT2D eigenvalue weighted by atomic mass is 16.3. The van der Waals surface area contributed by atoms with Gasteiger partial charge in [0.1, 0.15) is 11.2 Å². The first-order valence-corrected chi connectivity index (χ1v) is 19.0. The van der Waals surface area contributed by atoms with Gasteiger partial charge in [0.2, 0.25) is 0 Å². The highest BCUT2D eigenvalue weighted by Crippen LogP contribution is 2.61. The smallest absolute Gasteiger partial charge is 0.164 e. The Labute approximate surface area is 323 Å². The van der Waals surface area contributed by atoms with E-state index in [0.717, 1.165) is 38.6 Å². The fourth-order valence-corrected chi connectivity index (χ4v) is 9.40. The van der Waals surface area contributed by atoms with Gasteiger partial charge in [-0.25, -0.2) is 15.0 Å². The van der Waals surface area contributed by atoms with Gasteiger partial charge in [0.15, 0.2) is 17.5 Å². The van der Waals surface area contributed by atoms with Crippen molar-refractivity contribution < 1.29 is 4.42 Å². The van der Waals surface area contributed by atoms with Gasteiger partial charge in [-0.05, 0) is 79.9 Å². The van der Waals surface area contributed by atoms with Gasteiger partial charge in [-0.2, -0.15) is 0 Å². The first kappa shape index (κ1) is 31.0. The van der Waals surface area contributed by atoms with E-state index in [1.54, 1.807) is 0 Å². The third-order valence-electron chi connectivity index (χ3n) is 11.8.